The van der Waals surface area contributed by atoms with Crippen molar-refractivity contribution in [2.45, 2.75) is 6.42 Å². The van der Waals surface area contributed by atoms with E-state index in [4.69, 9.17) is 0 Å². The van der Waals surface area contributed by atoms with Crippen LogP contribution >= 0.6 is 0 Å². The molecule has 0 aliphatic carbocycles. The summed E-state index contributed by atoms with van der Waals surface area (Å²) < 4.78 is 0. The van der Waals surface area contributed by atoms with Gasteiger partial charge in [-0.25, -0.2) is 0 Å². The van der Waals surface area contributed by atoms with Crippen molar-refractivity contribution in [1.29, 1.82) is 0 Å². The van der Waals surface area contributed by atoms with Gasteiger partial charge in [-0.2, -0.15) is 0 Å². The first-order valence-electron chi connectivity index (χ1n) is 2.48. The molecule has 0 amide bonds. The molecule has 0 aliphatic heterocycles. The molecule has 1 heteroatoms. The zero-order valence-corrected chi connectivity index (χ0v) is 6.27. The minimum atomic E-state index is 0.526. The summed E-state index contributed by atoms with van der Waals surface area (Å²) in [7, 11) is 0. The van der Waals surface area contributed by atoms with Crippen molar-refractivity contribution in [2.75, 3.05) is 0 Å². The van der Waals surface area contributed by atoms with Gasteiger partial charge in [-0.3, -0.25) is 0 Å². The monoisotopic (exact) mass is 171 g/mol. The second-order valence-corrected chi connectivity index (χ2v) is 3.03. The Bertz CT molecular complexity index is 151. The van der Waals surface area contributed by atoms with E-state index in [-0.39, 0.29) is 0 Å². The summed E-state index contributed by atoms with van der Waals surface area (Å²) in [6.45, 7) is 3.64. The maximum absolute atomic E-state index is 3.64. The molecule has 0 unspecified atom stereocenters. The molecule has 0 nitrogen and oxygen atoms in total. The van der Waals surface area contributed by atoms with Gasteiger partial charge in [0.15, 0.2) is 0 Å². The Balaban J connectivity index is 2.62. The van der Waals surface area contributed by atoms with Crippen molar-refractivity contribution in [3.05, 3.63) is 34.2 Å². The summed E-state index contributed by atoms with van der Waals surface area (Å²) in [5.74, 6) is 0. The van der Waals surface area contributed by atoms with Crippen LogP contribution in [0.3, 0.4) is 0 Å². The first-order valence-corrected chi connectivity index (χ1v) is 4.33. The Hall–Kier alpha value is -0.261. The first kappa shape index (κ1) is 5.87. The molecule has 8 heavy (non-hydrogen) atoms. The number of rotatable bonds is 2. The third kappa shape index (κ3) is 1.36. The average molecular weight is 170 g/mol. The second kappa shape index (κ2) is 2.91. The van der Waals surface area contributed by atoms with Gasteiger partial charge in [0.05, 0.1) is 0 Å². The third-order valence-electron chi connectivity index (χ3n) is 0.892. The van der Waals surface area contributed by atoms with Crippen LogP contribution in [-0.2, 0) is 6.42 Å². The Morgan fingerprint density at radius 2 is 2.75 bits per heavy atom. The minimum absolute atomic E-state index is 0.526. The molecule has 0 aromatic carbocycles. The Labute approximate surface area is 55.6 Å². The molecular weight excluding hydrogens is 163 g/mol. The van der Waals surface area contributed by atoms with Gasteiger partial charge < -0.3 is 0 Å². The van der Waals surface area contributed by atoms with E-state index in [2.05, 4.69) is 22.5 Å². The fourth-order valence-electron chi connectivity index (χ4n) is 0.525. The van der Waals surface area contributed by atoms with Gasteiger partial charge in [0.25, 0.3) is 0 Å². The van der Waals surface area contributed by atoms with E-state index in [1.165, 1.54) is 5.56 Å². The molecule has 1 rings (SSSR count). The van der Waals surface area contributed by atoms with Gasteiger partial charge in [0, 0.05) is 0 Å². The van der Waals surface area contributed by atoms with Crippen LogP contribution in [0.1, 0.15) is 5.56 Å². The zero-order chi connectivity index (χ0) is 5.82. The Kier molecular flexibility index (Phi) is 2.13. The van der Waals surface area contributed by atoms with Crippen LogP contribution in [0, 0.1) is 4.94 Å². The van der Waals surface area contributed by atoms with Gasteiger partial charge in [-0.15, -0.1) is 0 Å². The van der Waals surface area contributed by atoms with Crippen LogP contribution in [0.15, 0.2) is 23.7 Å². The molecule has 0 saturated heterocycles. The summed E-state index contributed by atoms with van der Waals surface area (Å²) in [5.41, 5.74) is 1.31. The molecule has 0 spiro atoms. The molecule has 0 saturated carbocycles. The Morgan fingerprint density at radius 1 is 1.88 bits per heavy atom. The predicted molar refractivity (Wildman–Crippen MR) is 36.1 cm³/mol. The van der Waals surface area contributed by atoms with E-state index in [9.17, 15) is 0 Å². The maximum atomic E-state index is 3.64. The Morgan fingerprint density at radius 3 is 3.25 bits per heavy atom. The molecule has 0 atom stereocenters. The number of hydrogen-bond donors (Lipinski definition) is 0. The molecule has 0 N–H and O–H groups in total. The van der Waals surface area contributed by atoms with Gasteiger partial charge in [-0.1, -0.05) is 0 Å². The van der Waals surface area contributed by atoms with Crippen molar-refractivity contribution in [3.8, 4) is 0 Å². The second-order valence-electron chi connectivity index (χ2n) is 1.54. The van der Waals surface area contributed by atoms with E-state index < -0.39 is 0 Å². The van der Waals surface area contributed by atoms with Crippen molar-refractivity contribution in [2.24, 2.45) is 0 Å². The van der Waals surface area contributed by atoms with Crippen LogP contribution in [0.25, 0.3) is 0 Å². The van der Waals surface area contributed by atoms with Crippen LogP contribution in [-0.4, -0.2) is 14.5 Å². The summed E-state index contributed by atoms with van der Waals surface area (Å²) >= 11 is 0.526. The van der Waals surface area contributed by atoms with Crippen LogP contribution < -0.4 is 0 Å². The summed E-state index contributed by atoms with van der Waals surface area (Å²) in [6.07, 6.45) is 2.90. The average Bonchev–Trinajstić information content (AvgIpc) is 2.19. The molecule has 1 radical (unpaired) electrons. The molecular formula is C7H7Se. The first-order chi connectivity index (χ1) is 3.93. The van der Waals surface area contributed by atoms with E-state index in [0.717, 1.165) is 6.42 Å². The van der Waals surface area contributed by atoms with Gasteiger partial charge in [-0.05, 0) is 0 Å². The van der Waals surface area contributed by atoms with Crippen molar-refractivity contribution >= 4 is 14.5 Å². The predicted octanol–water partition coefficient (Wildman–Crippen LogP) is 1.27. The van der Waals surface area contributed by atoms with Crippen LogP contribution in [0.4, 0.5) is 0 Å². The third-order valence-corrected chi connectivity index (χ3v) is 2.26. The fourth-order valence-corrected chi connectivity index (χ4v) is 1.79. The molecule has 0 bridgehead atoms. The molecule has 1 aromatic heterocycles. The van der Waals surface area contributed by atoms with E-state index in [1.54, 1.807) is 0 Å². The van der Waals surface area contributed by atoms with E-state index >= 15 is 0 Å². The molecule has 0 fully saturated rings. The van der Waals surface area contributed by atoms with Gasteiger partial charge >= 0.3 is 55.1 Å². The summed E-state index contributed by atoms with van der Waals surface area (Å²) in [4.78, 5) is 5.43. The molecule has 41 valence electrons. The fraction of sp³-hybridized carbons (Fsp3) is 0.143. The normalized spacial score (nSPS) is 9.00. The topological polar surface area (TPSA) is 0 Å². The number of allylic oxidation sites excluding steroid dienone is 1. The van der Waals surface area contributed by atoms with E-state index in [1.807, 2.05) is 6.08 Å². The molecule has 0 aliphatic rings. The van der Waals surface area contributed by atoms with Gasteiger partial charge in [0.1, 0.15) is 0 Å². The summed E-state index contributed by atoms with van der Waals surface area (Å²) in [6, 6.07) is 2.13. The van der Waals surface area contributed by atoms with E-state index in [0.29, 0.717) is 14.5 Å². The van der Waals surface area contributed by atoms with Crippen molar-refractivity contribution in [3.63, 3.8) is 0 Å². The SMILES string of the molecule is C=CCc1[c][se]cc1. The quantitative estimate of drug-likeness (QED) is 0.463. The van der Waals surface area contributed by atoms with Crippen molar-refractivity contribution < 1.29 is 0 Å². The number of hydrogen-bond acceptors (Lipinski definition) is 0. The zero-order valence-electron chi connectivity index (χ0n) is 4.55. The van der Waals surface area contributed by atoms with Crippen LogP contribution in [0.5, 0.6) is 0 Å². The van der Waals surface area contributed by atoms with Crippen molar-refractivity contribution in [1.82, 2.24) is 0 Å². The standard InChI is InChI=1S/C7H7Se/c1-2-3-7-4-5-8-6-7/h2,4-5H,1,3H2. The molecule has 1 aromatic rings. The molecule has 1 heterocycles. The summed E-state index contributed by atoms with van der Waals surface area (Å²) in [5, 5.41) is 0. The van der Waals surface area contributed by atoms with Crippen LogP contribution in [0.2, 0.25) is 0 Å². The van der Waals surface area contributed by atoms with Gasteiger partial charge in [0.2, 0.25) is 0 Å².